The number of carbonyl (C=O) groups is 3. The summed E-state index contributed by atoms with van der Waals surface area (Å²) in [4.78, 5) is 47.3. The smallest absolute Gasteiger partial charge is 0.262 e. The molecule has 10 nitrogen and oxygen atoms in total. The highest BCUT2D eigenvalue weighted by Crippen LogP contribution is 2.38. The number of hydrazine groups is 1. The third-order valence-electron chi connectivity index (χ3n) is 8.02. The Morgan fingerprint density at radius 3 is 2.23 bits per heavy atom. The summed E-state index contributed by atoms with van der Waals surface area (Å²) in [5, 5.41) is 9.00. The van der Waals surface area contributed by atoms with Crippen LogP contribution >= 0.6 is 0 Å². The van der Waals surface area contributed by atoms with E-state index in [1.807, 2.05) is 107 Å². The van der Waals surface area contributed by atoms with Gasteiger partial charge in [0.2, 0.25) is 0 Å². The lowest BCUT2D eigenvalue weighted by molar-refractivity contribution is -0.153. The van der Waals surface area contributed by atoms with E-state index in [0.29, 0.717) is 6.54 Å². The quantitative estimate of drug-likeness (QED) is 0.135. The molecule has 10 heteroatoms. The number of hydrogen-bond donors (Lipinski definition) is 2. The zero-order chi connectivity index (χ0) is 32.0. The van der Waals surface area contributed by atoms with Gasteiger partial charge in [0.25, 0.3) is 17.7 Å². The van der Waals surface area contributed by atoms with E-state index in [2.05, 4.69) is 21.2 Å². The van der Waals surface area contributed by atoms with Crippen molar-refractivity contribution in [2.24, 2.45) is 17.8 Å². The summed E-state index contributed by atoms with van der Waals surface area (Å²) in [5.74, 6) is -3.22. The third kappa shape index (κ3) is 9.60. The molecule has 0 aliphatic rings. The van der Waals surface area contributed by atoms with Crippen LogP contribution in [0.3, 0.4) is 0 Å². The predicted octanol–water partition coefficient (Wildman–Crippen LogP) is 5.00. The lowest BCUT2D eigenvalue weighted by Crippen LogP contribution is -2.56. The second kappa shape index (κ2) is 17.1. The Morgan fingerprint density at radius 1 is 0.977 bits per heavy atom. The number of carbonyl (C=O) groups excluding carboxylic acids is 3. The summed E-state index contributed by atoms with van der Waals surface area (Å²) in [6.45, 7) is 10.5. The van der Waals surface area contributed by atoms with E-state index in [9.17, 15) is 14.4 Å². The molecule has 0 bridgehead atoms. The van der Waals surface area contributed by atoms with Crippen LogP contribution in [0.2, 0.25) is 0 Å². The number of amides is 3. The van der Waals surface area contributed by atoms with E-state index in [1.54, 1.807) is 6.20 Å². The van der Waals surface area contributed by atoms with E-state index < -0.39 is 29.1 Å². The molecular weight excluding hydrogens is 556 g/mol. The molecule has 0 fully saturated rings. The van der Waals surface area contributed by atoms with Gasteiger partial charge in [-0.05, 0) is 28.9 Å². The van der Waals surface area contributed by atoms with Gasteiger partial charge in [-0.25, -0.2) is 10.2 Å². The summed E-state index contributed by atoms with van der Waals surface area (Å²) in [6.07, 6.45) is 9.33. The molecule has 2 N–H and O–H groups in total. The van der Waals surface area contributed by atoms with Crippen LogP contribution in [-0.4, -0.2) is 44.3 Å². The second-order valence-corrected chi connectivity index (χ2v) is 11.4. The molecule has 1 heterocycles. The molecule has 3 amide bonds. The SMILES string of the molecule is CCC=CC([C@H](C(=O)NOCc1ccccc1)C(=O)NN(CC(CC)CC)C(=O)Cn1ccnn1)C(C)(C)c1ccccc1. The maximum absolute atomic E-state index is 14.3. The first-order valence-corrected chi connectivity index (χ1v) is 15.3. The summed E-state index contributed by atoms with van der Waals surface area (Å²) in [6, 6.07) is 19.2. The number of nitrogens with zero attached hydrogens (tertiary/aromatic N) is 4. The standard InChI is InChI=1S/C34H46N6O4/c1-6-9-20-29(34(4,5)28-18-14-11-15-19-28)31(33(43)37-44-25-27-16-12-10-13-17-27)32(42)36-40(23-26(7-2)8-3)30(41)24-39-22-21-35-38-39/h9-22,26,29,31H,6-8,23-25H2,1-5H3,(H,36,42)(H,37,43)/t29?,31-/m0/s1. The number of hydroxylamine groups is 1. The molecule has 2 atom stereocenters. The second-order valence-electron chi connectivity index (χ2n) is 11.4. The van der Waals surface area contributed by atoms with Gasteiger partial charge in [0.15, 0.2) is 0 Å². The minimum Gasteiger partial charge on any atom is -0.272 e. The van der Waals surface area contributed by atoms with Crippen LogP contribution in [0.5, 0.6) is 0 Å². The summed E-state index contributed by atoms with van der Waals surface area (Å²) in [7, 11) is 0. The summed E-state index contributed by atoms with van der Waals surface area (Å²) < 4.78 is 1.40. The van der Waals surface area contributed by atoms with Crippen molar-refractivity contribution in [1.82, 2.24) is 30.9 Å². The number of rotatable bonds is 16. The van der Waals surface area contributed by atoms with Gasteiger partial charge < -0.3 is 0 Å². The zero-order valence-electron chi connectivity index (χ0n) is 26.5. The fourth-order valence-electron chi connectivity index (χ4n) is 5.14. The Hall–Kier alpha value is -4.31. The highest BCUT2D eigenvalue weighted by atomic mass is 16.6. The van der Waals surface area contributed by atoms with Crippen LogP contribution in [0.15, 0.2) is 85.2 Å². The Kier molecular flexibility index (Phi) is 13.3. The van der Waals surface area contributed by atoms with Crippen molar-refractivity contribution < 1.29 is 19.2 Å². The monoisotopic (exact) mass is 602 g/mol. The molecule has 0 spiro atoms. The van der Waals surface area contributed by atoms with Crippen LogP contribution in [0.4, 0.5) is 0 Å². The first-order chi connectivity index (χ1) is 21.2. The van der Waals surface area contributed by atoms with E-state index in [-0.39, 0.29) is 25.0 Å². The van der Waals surface area contributed by atoms with Gasteiger partial charge in [-0.1, -0.05) is 125 Å². The fourth-order valence-corrected chi connectivity index (χ4v) is 5.14. The molecule has 0 saturated carbocycles. The van der Waals surface area contributed by atoms with Crippen molar-refractivity contribution >= 4 is 17.7 Å². The van der Waals surface area contributed by atoms with Gasteiger partial charge in [-0.2, -0.15) is 0 Å². The largest absolute Gasteiger partial charge is 0.272 e. The van der Waals surface area contributed by atoms with E-state index in [0.717, 1.165) is 30.4 Å². The van der Waals surface area contributed by atoms with Gasteiger partial charge in [0.05, 0.1) is 12.8 Å². The molecule has 3 rings (SSSR count). The average Bonchev–Trinajstić information content (AvgIpc) is 3.55. The molecule has 0 radical (unpaired) electrons. The van der Waals surface area contributed by atoms with Crippen molar-refractivity contribution in [3.63, 3.8) is 0 Å². The van der Waals surface area contributed by atoms with Gasteiger partial charge in [0.1, 0.15) is 12.5 Å². The third-order valence-corrected chi connectivity index (χ3v) is 8.02. The van der Waals surface area contributed by atoms with E-state index in [1.165, 1.54) is 15.9 Å². The first-order valence-electron chi connectivity index (χ1n) is 15.3. The van der Waals surface area contributed by atoms with Gasteiger partial charge in [0, 0.05) is 18.7 Å². The number of nitrogens with one attached hydrogen (secondary N) is 2. The van der Waals surface area contributed by atoms with Crippen LogP contribution in [0.25, 0.3) is 0 Å². The molecule has 0 aliphatic heterocycles. The van der Waals surface area contributed by atoms with Gasteiger partial charge >= 0.3 is 0 Å². The zero-order valence-corrected chi connectivity index (χ0v) is 26.5. The van der Waals surface area contributed by atoms with Crippen molar-refractivity contribution in [3.8, 4) is 0 Å². The Labute approximate surface area is 260 Å². The van der Waals surface area contributed by atoms with Gasteiger partial charge in [-0.15, -0.1) is 5.10 Å². The minimum absolute atomic E-state index is 0.105. The van der Waals surface area contributed by atoms with Crippen LogP contribution in [0, 0.1) is 17.8 Å². The molecule has 1 unspecified atom stereocenters. The Balaban J connectivity index is 1.97. The maximum atomic E-state index is 14.3. The molecule has 2 aromatic carbocycles. The van der Waals surface area contributed by atoms with Crippen LogP contribution < -0.4 is 10.9 Å². The topological polar surface area (TPSA) is 118 Å². The van der Waals surface area contributed by atoms with Crippen molar-refractivity contribution in [1.29, 1.82) is 0 Å². The molecule has 44 heavy (non-hydrogen) atoms. The summed E-state index contributed by atoms with van der Waals surface area (Å²) in [5.41, 5.74) is 6.57. The normalized spacial score (nSPS) is 13.0. The number of benzene rings is 2. The molecule has 0 aliphatic carbocycles. The van der Waals surface area contributed by atoms with Crippen molar-refractivity contribution in [3.05, 3.63) is 96.3 Å². The lowest BCUT2D eigenvalue weighted by Gasteiger charge is -2.38. The highest BCUT2D eigenvalue weighted by Gasteiger charge is 2.44. The Morgan fingerprint density at radius 2 is 1.64 bits per heavy atom. The molecule has 236 valence electrons. The average molecular weight is 603 g/mol. The van der Waals surface area contributed by atoms with Gasteiger partial charge in [-0.3, -0.25) is 29.7 Å². The first kappa shape index (κ1) is 34.2. The van der Waals surface area contributed by atoms with E-state index in [4.69, 9.17) is 4.84 Å². The van der Waals surface area contributed by atoms with E-state index >= 15 is 0 Å². The van der Waals surface area contributed by atoms with Crippen molar-refractivity contribution in [2.45, 2.75) is 72.4 Å². The predicted molar refractivity (Wildman–Crippen MR) is 169 cm³/mol. The maximum Gasteiger partial charge on any atom is 0.262 e. The lowest BCUT2D eigenvalue weighted by atomic mass is 9.67. The van der Waals surface area contributed by atoms with Crippen LogP contribution in [0.1, 0.15) is 65.0 Å². The Bertz CT molecular complexity index is 1320. The number of hydrogen-bond acceptors (Lipinski definition) is 6. The summed E-state index contributed by atoms with van der Waals surface area (Å²) >= 11 is 0. The molecule has 0 saturated heterocycles. The molecular formula is C34H46N6O4. The molecule has 3 aromatic rings. The van der Waals surface area contributed by atoms with Crippen LogP contribution in [-0.2, 0) is 37.8 Å². The highest BCUT2D eigenvalue weighted by molar-refractivity contribution is 6.01. The van der Waals surface area contributed by atoms with Crippen molar-refractivity contribution in [2.75, 3.05) is 6.54 Å². The minimum atomic E-state index is -1.23. The fraction of sp³-hybridized carbons (Fsp3) is 0.441. The number of allylic oxidation sites excluding steroid dienone is 2. The number of aromatic nitrogens is 3. The molecule has 1 aromatic heterocycles.